The predicted molar refractivity (Wildman–Crippen MR) is 75.4 cm³/mol. The first-order valence-corrected chi connectivity index (χ1v) is 8.33. The highest BCUT2D eigenvalue weighted by molar-refractivity contribution is 7.89. The number of sulfonamides is 1. The largest absolute Gasteiger partial charge is 0.390 e. The maximum atomic E-state index is 12.1. The minimum Gasteiger partial charge on any atom is -0.390 e. The smallest absolute Gasteiger partial charge is 0.242 e. The van der Waals surface area contributed by atoms with Gasteiger partial charge in [0.1, 0.15) is 0 Å². The number of aromatic nitrogens is 1. The van der Waals surface area contributed by atoms with Gasteiger partial charge in [-0.25, -0.2) is 13.1 Å². The van der Waals surface area contributed by atoms with Gasteiger partial charge in [0.15, 0.2) is 0 Å². The van der Waals surface area contributed by atoms with Crippen LogP contribution >= 0.6 is 0 Å². The molecule has 6 heteroatoms. The Morgan fingerprint density at radius 3 is 2.53 bits per heavy atom. The minimum atomic E-state index is -3.45. The van der Waals surface area contributed by atoms with E-state index in [2.05, 4.69) is 11.6 Å². The molecule has 0 aliphatic heterocycles. The van der Waals surface area contributed by atoms with Crippen LogP contribution in [0, 0.1) is 0 Å². The maximum Gasteiger partial charge on any atom is 0.242 e. The molecular formula is C13H24N2O3S. The highest BCUT2D eigenvalue weighted by Gasteiger charge is 2.17. The van der Waals surface area contributed by atoms with Crippen molar-refractivity contribution >= 4 is 10.0 Å². The zero-order chi connectivity index (χ0) is 14.3. The van der Waals surface area contributed by atoms with E-state index in [0.717, 1.165) is 25.7 Å². The molecule has 1 aromatic heterocycles. The molecule has 5 nitrogen and oxygen atoms in total. The summed E-state index contributed by atoms with van der Waals surface area (Å²) in [7, 11) is -3.45. The van der Waals surface area contributed by atoms with Crippen LogP contribution in [0.5, 0.6) is 0 Å². The van der Waals surface area contributed by atoms with Gasteiger partial charge in [0.25, 0.3) is 0 Å². The molecule has 0 saturated heterocycles. The lowest BCUT2D eigenvalue weighted by molar-refractivity contribution is 0.271. The van der Waals surface area contributed by atoms with Crippen molar-refractivity contribution in [3.05, 3.63) is 18.0 Å². The quantitative estimate of drug-likeness (QED) is 0.681. The second-order valence-electron chi connectivity index (χ2n) is 4.57. The Labute approximate surface area is 115 Å². The number of hydrogen-bond acceptors (Lipinski definition) is 3. The van der Waals surface area contributed by atoms with Gasteiger partial charge in [-0.3, -0.25) is 0 Å². The van der Waals surface area contributed by atoms with Crippen LogP contribution in [0.25, 0.3) is 0 Å². The van der Waals surface area contributed by atoms with Crippen molar-refractivity contribution in [1.82, 2.24) is 9.29 Å². The van der Waals surface area contributed by atoms with E-state index in [9.17, 15) is 8.42 Å². The number of aliphatic hydroxyl groups excluding tert-OH is 1. The van der Waals surface area contributed by atoms with E-state index < -0.39 is 10.0 Å². The molecule has 0 spiro atoms. The van der Waals surface area contributed by atoms with Crippen LogP contribution < -0.4 is 4.72 Å². The van der Waals surface area contributed by atoms with Crippen molar-refractivity contribution < 1.29 is 13.5 Å². The lowest BCUT2D eigenvalue weighted by Crippen LogP contribution is -2.24. The summed E-state index contributed by atoms with van der Waals surface area (Å²) in [4.78, 5) is 0.230. The third-order valence-electron chi connectivity index (χ3n) is 3.10. The number of rotatable bonds is 9. The average molecular weight is 288 g/mol. The van der Waals surface area contributed by atoms with Gasteiger partial charge in [0.05, 0.1) is 11.5 Å². The molecule has 0 radical (unpaired) electrons. The molecule has 1 aromatic rings. The monoisotopic (exact) mass is 288 g/mol. The average Bonchev–Trinajstić information content (AvgIpc) is 2.82. The topological polar surface area (TPSA) is 71.3 Å². The first kappa shape index (κ1) is 16.2. The molecule has 1 rings (SSSR count). The fourth-order valence-electron chi connectivity index (χ4n) is 1.94. The summed E-state index contributed by atoms with van der Waals surface area (Å²) in [6.45, 7) is 4.98. The summed E-state index contributed by atoms with van der Waals surface area (Å²) in [5.74, 6) is 0. The van der Waals surface area contributed by atoms with Crippen molar-refractivity contribution in [3.63, 3.8) is 0 Å². The van der Waals surface area contributed by atoms with E-state index in [-0.39, 0.29) is 11.5 Å². The normalized spacial score (nSPS) is 11.9. The zero-order valence-corrected chi connectivity index (χ0v) is 12.5. The number of hydrogen-bond donors (Lipinski definition) is 2. The number of unbranched alkanes of at least 4 members (excludes halogenated alkanes) is 3. The number of nitrogens with zero attached hydrogens (tertiary/aromatic N) is 1. The summed E-state index contributed by atoms with van der Waals surface area (Å²) in [6, 6.07) is 1.53. The standard InChI is InChI=1S/C13H24N2O3S/c1-3-5-6-7-8-14-19(17,18)13-9-12(11-16)15(4-2)10-13/h9-10,14,16H,3-8,11H2,1-2H3. The van der Waals surface area contributed by atoms with E-state index in [0.29, 0.717) is 18.8 Å². The number of aryl methyl sites for hydroxylation is 1. The van der Waals surface area contributed by atoms with Gasteiger partial charge in [-0.05, 0) is 19.4 Å². The summed E-state index contributed by atoms with van der Waals surface area (Å²) < 4.78 is 28.5. The Bertz CT molecular complexity index is 459. The molecular weight excluding hydrogens is 264 g/mol. The minimum absolute atomic E-state index is 0.153. The second-order valence-corrected chi connectivity index (χ2v) is 6.34. The molecule has 0 amide bonds. The maximum absolute atomic E-state index is 12.1. The van der Waals surface area contributed by atoms with Crippen LogP contribution in [0.15, 0.2) is 17.2 Å². The molecule has 0 aromatic carbocycles. The lowest BCUT2D eigenvalue weighted by Gasteiger charge is -2.04. The second kappa shape index (κ2) is 7.67. The fraction of sp³-hybridized carbons (Fsp3) is 0.692. The Morgan fingerprint density at radius 1 is 1.26 bits per heavy atom. The molecule has 0 atom stereocenters. The first-order chi connectivity index (χ1) is 9.05. The van der Waals surface area contributed by atoms with Crippen LogP contribution in [0.3, 0.4) is 0 Å². The lowest BCUT2D eigenvalue weighted by atomic mass is 10.2. The summed E-state index contributed by atoms with van der Waals surface area (Å²) in [5, 5.41) is 9.17. The Morgan fingerprint density at radius 2 is 2.00 bits per heavy atom. The van der Waals surface area contributed by atoms with Crippen LogP contribution in [-0.4, -0.2) is 24.6 Å². The molecule has 0 aliphatic carbocycles. The molecule has 0 saturated carbocycles. The van der Waals surface area contributed by atoms with Gasteiger partial charge in [-0.15, -0.1) is 0 Å². The third-order valence-corrected chi connectivity index (χ3v) is 4.52. The van der Waals surface area contributed by atoms with Crippen LogP contribution in [0.2, 0.25) is 0 Å². The summed E-state index contributed by atoms with van der Waals surface area (Å²) in [6.07, 6.45) is 5.72. The SMILES string of the molecule is CCCCCCNS(=O)(=O)c1cc(CO)n(CC)c1. The fourth-order valence-corrected chi connectivity index (χ4v) is 3.08. The molecule has 0 aliphatic rings. The van der Waals surface area contributed by atoms with Gasteiger partial charge in [-0.1, -0.05) is 26.2 Å². The molecule has 19 heavy (non-hydrogen) atoms. The molecule has 1 heterocycles. The van der Waals surface area contributed by atoms with Gasteiger partial charge in [-0.2, -0.15) is 0 Å². The van der Waals surface area contributed by atoms with Crippen molar-refractivity contribution in [2.75, 3.05) is 6.54 Å². The van der Waals surface area contributed by atoms with Crippen molar-refractivity contribution in [3.8, 4) is 0 Å². The van der Waals surface area contributed by atoms with Crippen LogP contribution in [-0.2, 0) is 23.2 Å². The molecule has 0 fully saturated rings. The number of aliphatic hydroxyl groups is 1. The zero-order valence-electron chi connectivity index (χ0n) is 11.7. The molecule has 0 unspecified atom stereocenters. The molecule has 0 bridgehead atoms. The first-order valence-electron chi connectivity index (χ1n) is 6.84. The molecule has 110 valence electrons. The van der Waals surface area contributed by atoms with Gasteiger partial charge in [0, 0.05) is 25.0 Å². The summed E-state index contributed by atoms with van der Waals surface area (Å²) >= 11 is 0. The van der Waals surface area contributed by atoms with E-state index in [1.807, 2.05) is 6.92 Å². The van der Waals surface area contributed by atoms with Crippen LogP contribution in [0.4, 0.5) is 0 Å². The van der Waals surface area contributed by atoms with Crippen molar-refractivity contribution in [1.29, 1.82) is 0 Å². The summed E-state index contributed by atoms with van der Waals surface area (Å²) in [5.41, 5.74) is 0.619. The van der Waals surface area contributed by atoms with E-state index in [1.165, 1.54) is 6.07 Å². The Kier molecular flexibility index (Phi) is 6.54. The highest BCUT2D eigenvalue weighted by atomic mass is 32.2. The van der Waals surface area contributed by atoms with E-state index >= 15 is 0 Å². The van der Waals surface area contributed by atoms with Gasteiger partial charge < -0.3 is 9.67 Å². The van der Waals surface area contributed by atoms with Gasteiger partial charge in [0.2, 0.25) is 10.0 Å². The van der Waals surface area contributed by atoms with Gasteiger partial charge >= 0.3 is 0 Å². The van der Waals surface area contributed by atoms with Crippen molar-refractivity contribution in [2.24, 2.45) is 0 Å². The van der Waals surface area contributed by atoms with E-state index in [4.69, 9.17) is 5.11 Å². The van der Waals surface area contributed by atoms with Crippen molar-refractivity contribution in [2.45, 2.75) is 57.6 Å². The predicted octanol–water partition coefficient (Wildman–Crippen LogP) is 1.86. The third kappa shape index (κ3) is 4.63. The Hall–Kier alpha value is -0.850. The Balaban J connectivity index is 2.64. The van der Waals surface area contributed by atoms with E-state index in [1.54, 1.807) is 10.8 Å². The number of nitrogens with one attached hydrogen (secondary N) is 1. The molecule has 2 N–H and O–H groups in total. The highest BCUT2D eigenvalue weighted by Crippen LogP contribution is 2.14. The van der Waals surface area contributed by atoms with Crippen LogP contribution in [0.1, 0.15) is 45.2 Å².